The first kappa shape index (κ1) is 18.9. The Balaban J connectivity index is 1.63. The Morgan fingerprint density at radius 3 is 2.65 bits per heavy atom. The summed E-state index contributed by atoms with van der Waals surface area (Å²) in [5.74, 6) is -0.0263. The van der Waals surface area contributed by atoms with Crippen LogP contribution in [0.5, 0.6) is 11.5 Å². The third-order valence-electron chi connectivity index (χ3n) is 5.06. The molecule has 1 amide bonds. The molecular formula is C19H26F2N2O3. The van der Waals surface area contributed by atoms with Gasteiger partial charge in [-0.15, -0.1) is 0 Å². The molecule has 26 heavy (non-hydrogen) atoms. The molecule has 2 N–H and O–H groups in total. The average molecular weight is 368 g/mol. The molecule has 3 rings (SSSR count). The van der Waals surface area contributed by atoms with Crippen LogP contribution in [0.2, 0.25) is 0 Å². The van der Waals surface area contributed by atoms with Crippen LogP contribution in [0.4, 0.5) is 8.78 Å². The van der Waals surface area contributed by atoms with Crippen molar-refractivity contribution in [1.82, 2.24) is 10.6 Å². The zero-order valence-electron chi connectivity index (χ0n) is 15.0. The van der Waals surface area contributed by atoms with Crippen LogP contribution in [0.15, 0.2) is 12.1 Å². The molecule has 5 nitrogen and oxygen atoms in total. The van der Waals surface area contributed by atoms with E-state index in [4.69, 9.17) is 9.47 Å². The van der Waals surface area contributed by atoms with Gasteiger partial charge in [-0.05, 0) is 51.1 Å². The van der Waals surface area contributed by atoms with Gasteiger partial charge in [0, 0.05) is 18.2 Å². The fourth-order valence-corrected chi connectivity index (χ4v) is 3.53. The molecule has 0 radical (unpaired) electrons. The summed E-state index contributed by atoms with van der Waals surface area (Å²) in [6.45, 7) is 1.02. The van der Waals surface area contributed by atoms with Crippen LogP contribution in [-0.4, -0.2) is 37.9 Å². The third-order valence-corrected chi connectivity index (χ3v) is 5.06. The van der Waals surface area contributed by atoms with Crippen LogP contribution in [0.25, 0.3) is 0 Å². The van der Waals surface area contributed by atoms with Gasteiger partial charge in [-0.1, -0.05) is 0 Å². The molecule has 1 saturated carbocycles. The van der Waals surface area contributed by atoms with Crippen LogP contribution < -0.4 is 20.1 Å². The van der Waals surface area contributed by atoms with Gasteiger partial charge in [-0.25, -0.2) is 8.78 Å². The van der Waals surface area contributed by atoms with Gasteiger partial charge in [0.15, 0.2) is 11.6 Å². The van der Waals surface area contributed by atoms with E-state index in [1.54, 1.807) is 0 Å². The molecule has 2 fully saturated rings. The number of alkyl halides is 1. The van der Waals surface area contributed by atoms with Crippen molar-refractivity contribution in [3.05, 3.63) is 23.5 Å². The molecule has 1 atom stereocenters. The number of rotatable bonds is 6. The molecular weight excluding hydrogens is 342 g/mol. The standard InChI is InChI=1S/C19H26F2N2O3/c1-25-17-10-18(26-14-6-4-13(20)5-7-14)15(21)9-12(17)11-23-19(24)16-3-2-8-22-16/h9-10,13-14,16,22H,2-8,11H2,1H3,(H,23,24). The molecule has 1 aromatic rings. The van der Waals surface area contributed by atoms with Crippen molar-refractivity contribution in [1.29, 1.82) is 0 Å². The van der Waals surface area contributed by atoms with Crippen molar-refractivity contribution >= 4 is 5.91 Å². The molecule has 1 aromatic carbocycles. The summed E-state index contributed by atoms with van der Waals surface area (Å²) in [7, 11) is 1.50. The van der Waals surface area contributed by atoms with Gasteiger partial charge >= 0.3 is 0 Å². The molecule has 0 bridgehead atoms. The lowest BCUT2D eigenvalue weighted by Gasteiger charge is -2.25. The summed E-state index contributed by atoms with van der Waals surface area (Å²) in [5, 5.41) is 5.94. The Hall–Kier alpha value is -1.89. The maximum Gasteiger partial charge on any atom is 0.237 e. The normalized spacial score (nSPS) is 25.7. The van der Waals surface area contributed by atoms with Crippen molar-refractivity contribution in [3.8, 4) is 11.5 Å². The van der Waals surface area contributed by atoms with Crippen LogP contribution in [0, 0.1) is 5.82 Å². The minimum Gasteiger partial charge on any atom is -0.496 e. The fraction of sp³-hybridized carbons (Fsp3) is 0.632. The summed E-state index contributed by atoms with van der Waals surface area (Å²) in [5.41, 5.74) is 0.552. The molecule has 2 aliphatic rings. The van der Waals surface area contributed by atoms with Crippen LogP contribution in [-0.2, 0) is 11.3 Å². The van der Waals surface area contributed by atoms with Crippen molar-refractivity contribution in [2.75, 3.05) is 13.7 Å². The van der Waals surface area contributed by atoms with Gasteiger partial charge in [-0.2, -0.15) is 0 Å². The maximum absolute atomic E-state index is 14.4. The number of amides is 1. The first-order valence-electron chi connectivity index (χ1n) is 9.25. The highest BCUT2D eigenvalue weighted by molar-refractivity contribution is 5.82. The Labute approximate surface area is 152 Å². The number of carbonyl (C=O) groups excluding carboxylic acids is 1. The number of benzene rings is 1. The first-order chi connectivity index (χ1) is 12.6. The minimum atomic E-state index is -0.783. The topological polar surface area (TPSA) is 59.6 Å². The molecule has 1 saturated heterocycles. The predicted molar refractivity (Wildman–Crippen MR) is 93.6 cm³/mol. The molecule has 1 unspecified atom stereocenters. The van der Waals surface area contributed by atoms with Crippen LogP contribution in [0.1, 0.15) is 44.1 Å². The van der Waals surface area contributed by atoms with E-state index in [0.29, 0.717) is 37.0 Å². The molecule has 1 aliphatic carbocycles. The second kappa shape index (κ2) is 8.66. The third kappa shape index (κ3) is 4.63. The Morgan fingerprint density at radius 2 is 2.00 bits per heavy atom. The zero-order chi connectivity index (χ0) is 18.5. The van der Waals surface area contributed by atoms with Gasteiger partial charge in [0.1, 0.15) is 11.9 Å². The molecule has 1 heterocycles. The van der Waals surface area contributed by atoms with E-state index < -0.39 is 12.0 Å². The van der Waals surface area contributed by atoms with Gasteiger partial charge in [0.05, 0.1) is 19.3 Å². The summed E-state index contributed by atoms with van der Waals surface area (Å²) in [6, 6.07) is 2.66. The fourth-order valence-electron chi connectivity index (χ4n) is 3.53. The van der Waals surface area contributed by atoms with E-state index in [-0.39, 0.29) is 30.3 Å². The molecule has 0 aromatic heterocycles. The van der Waals surface area contributed by atoms with E-state index in [1.165, 1.54) is 19.2 Å². The lowest BCUT2D eigenvalue weighted by Crippen LogP contribution is -2.40. The largest absolute Gasteiger partial charge is 0.496 e. The number of carbonyl (C=O) groups is 1. The number of hydrogen-bond acceptors (Lipinski definition) is 4. The summed E-state index contributed by atoms with van der Waals surface area (Å²) in [4.78, 5) is 12.1. The van der Waals surface area contributed by atoms with E-state index in [2.05, 4.69) is 10.6 Å². The van der Waals surface area contributed by atoms with Crippen molar-refractivity contribution < 1.29 is 23.0 Å². The second-order valence-corrected chi connectivity index (χ2v) is 6.95. The van der Waals surface area contributed by atoms with Crippen LogP contribution in [0.3, 0.4) is 0 Å². The minimum absolute atomic E-state index is 0.0896. The van der Waals surface area contributed by atoms with Gasteiger partial charge in [0.25, 0.3) is 0 Å². The lowest BCUT2D eigenvalue weighted by molar-refractivity contribution is -0.122. The predicted octanol–water partition coefficient (Wildman–Crippen LogP) is 2.86. The maximum atomic E-state index is 14.4. The van der Waals surface area contributed by atoms with E-state index in [9.17, 15) is 13.6 Å². The summed E-state index contributed by atoms with van der Waals surface area (Å²) >= 11 is 0. The summed E-state index contributed by atoms with van der Waals surface area (Å²) in [6.07, 6.45) is 2.88. The van der Waals surface area contributed by atoms with Crippen molar-refractivity contribution in [2.45, 2.75) is 63.4 Å². The smallest absolute Gasteiger partial charge is 0.237 e. The Morgan fingerprint density at radius 1 is 1.23 bits per heavy atom. The number of methoxy groups -OCH3 is 1. The molecule has 144 valence electrons. The Bertz CT molecular complexity index is 627. The lowest BCUT2D eigenvalue weighted by atomic mass is 9.96. The highest BCUT2D eigenvalue weighted by atomic mass is 19.1. The number of nitrogens with one attached hydrogen (secondary N) is 2. The Kier molecular flexibility index (Phi) is 6.29. The van der Waals surface area contributed by atoms with E-state index >= 15 is 0 Å². The van der Waals surface area contributed by atoms with E-state index in [1.807, 2.05) is 0 Å². The highest BCUT2D eigenvalue weighted by Crippen LogP contribution is 2.32. The van der Waals surface area contributed by atoms with Crippen LogP contribution >= 0.6 is 0 Å². The quantitative estimate of drug-likeness (QED) is 0.811. The SMILES string of the molecule is COc1cc(OC2CCC(F)CC2)c(F)cc1CNC(=O)C1CCCN1. The number of ether oxygens (including phenoxy) is 2. The second-order valence-electron chi connectivity index (χ2n) is 6.95. The monoisotopic (exact) mass is 368 g/mol. The molecule has 0 spiro atoms. The zero-order valence-corrected chi connectivity index (χ0v) is 15.0. The number of hydrogen-bond donors (Lipinski definition) is 2. The van der Waals surface area contributed by atoms with Crippen molar-refractivity contribution in [3.63, 3.8) is 0 Å². The highest BCUT2D eigenvalue weighted by Gasteiger charge is 2.24. The first-order valence-corrected chi connectivity index (χ1v) is 9.25. The van der Waals surface area contributed by atoms with E-state index in [0.717, 1.165) is 19.4 Å². The summed E-state index contributed by atoms with van der Waals surface area (Å²) < 4.78 is 38.7. The van der Waals surface area contributed by atoms with Crippen molar-refractivity contribution in [2.24, 2.45) is 0 Å². The van der Waals surface area contributed by atoms with Gasteiger partial charge in [-0.3, -0.25) is 4.79 Å². The molecule has 7 heteroatoms. The molecule has 1 aliphatic heterocycles. The van der Waals surface area contributed by atoms with Gasteiger partial charge in [0.2, 0.25) is 5.91 Å². The average Bonchev–Trinajstić information content (AvgIpc) is 3.18. The van der Waals surface area contributed by atoms with Gasteiger partial charge < -0.3 is 20.1 Å². The number of halogens is 2.